The van der Waals surface area contributed by atoms with Crippen LogP contribution in [0.15, 0.2) is 4.99 Å². The number of hydrogen-bond donors (Lipinski definition) is 2. The summed E-state index contributed by atoms with van der Waals surface area (Å²) in [5.41, 5.74) is 0. The molecule has 2 unspecified atom stereocenters. The van der Waals surface area contributed by atoms with Crippen molar-refractivity contribution in [2.45, 2.75) is 50.6 Å². The molecule has 23 heavy (non-hydrogen) atoms. The van der Waals surface area contributed by atoms with Gasteiger partial charge in [-0.3, -0.25) is 4.99 Å². The Hall–Kier alpha value is -0.820. The second-order valence-corrected chi connectivity index (χ2v) is 9.36. The second-order valence-electron chi connectivity index (χ2n) is 7.13. The molecule has 0 spiro atoms. The van der Waals surface area contributed by atoms with Crippen LogP contribution in [0.1, 0.15) is 38.5 Å². The number of nitrogens with one attached hydrogen (secondary N) is 2. The smallest absolute Gasteiger partial charge is 0.191 e. The van der Waals surface area contributed by atoms with Gasteiger partial charge in [-0.25, -0.2) is 8.42 Å². The van der Waals surface area contributed by atoms with Crippen LogP contribution in [0.3, 0.4) is 0 Å². The summed E-state index contributed by atoms with van der Waals surface area (Å²) in [6.07, 6.45) is 7.31. The first-order valence-electron chi connectivity index (χ1n) is 8.75. The molecule has 0 aromatic carbocycles. The third-order valence-electron chi connectivity index (χ3n) is 5.13. The summed E-state index contributed by atoms with van der Waals surface area (Å²) in [5, 5.41) is 6.66. The van der Waals surface area contributed by atoms with Gasteiger partial charge in [-0.05, 0) is 39.3 Å². The van der Waals surface area contributed by atoms with Crippen molar-refractivity contribution in [1.82, 2.24) is 15.5 Å². The molecule has 0 bridgehead atoms. The second kappa shape index (κ2) is 8.33. The number of likely N-dealkylation sites (N-methyl/N-ethyl adjacent to an activating group) is 1. The van der Waals surface area contributed by atoms with Crippen molar-refractivity contribution >= 4 is 15.8 Å². The minimum atomic E-state index is -2.86. The highest BCUT2D eigenvalue weighted by Crippen LogP contribution is 2.28. The molecule has 0 aromatic rings. The molecule has 1 saturated carbocycles. The zero-order chi connectivity index (χ0) is 16.9. The monoisotopic (exact) mass is 344 g/mol. The summed E-state index contributed by atoms with van der Waals surface area (Å²) >= 11 is 0. The van der Waals surface area contributed by atoms with E-state index in [9.17, 15) is 8.42 Å². The Morgan fingerprint density at radius 2 is 1.91 bits per heavy atom. The Morgan fingerprint density at radius 3 is 2.43 bits per heavy atom. The van der Waals surface area contributed by atoms with Gasteiger partial charge in [0.15, 0.2) is 15.8 Å². The Balaban J connectivity index is 1.85. The van der Waals surface area contributed by atoms with Crippen LogP contribution in [-0.4, -0.2) is 70.6 Å². The standard InChI is InChI=1S/C16H32N4O2S/c1-17-16(19-14-9-10-23(21,22)12-14)18-11-15(20(2)3)13-7-5-4-6-8-13/h13-15H,4-12H2,1-3H3,(H2,17,18,19). The summed E-state index contributed by atoms with van der Waals surface area (Å²) in [6.45, 7) is 0.844. The highest BCUT2D eigenvalue weighted by atomic mass is 32.2. The first kappa shape index (κ1) is 18.5. The van der Waals surface area contributed by atoms with Gasteiger partial charge in [0.1, 0.15) is 0 Å². The van der Waals surface area contributed by atoms with Crippen LogP contribution in [0.25, 0.3) is 0 Å². The van der Waals surface area contributed by atoms with Gasteiger partial charge in [-0.1, -0.05) is 19.3 Å². The van der Waals surface area contributed by atoms with Crippen LogP contribution in [0, 0.1) is 5.92 Å². The maximum absolute atomic E-state index is 11.6. The van der Waals surface area contributed by atoms with Gasteiger partial charge in [0, 0.05) is 25.7 Å². The molecule has 7 heteroatoms. The van der Waals surface area contributed by atoms with Crippen LogP contribution in [-0.2, 0) is 9.84 Å². The van der Waals surface area contributed by atoms with Crippen LogP contribution in [0.2, 0.25) is 0 Å². The Labute approximate surface area is 141 Å². The SMILES string of the molecule is CN=C(NCC(C1CCCCC1)N(C)C)NC1CCS(=O)(=O)C1. The van der Waals surface area contributed by atoms with Crippen molar-refractivity contribution in [1.29, 1.82) is 0 Å². The predicted molar refractivity (Wildman–Crippen MR) is 95.6 cm³/mol. The molecular formula is C16H32N4O2S. The van der Waals surface area contributed by atoms with Crippen molar-refractivity contribution < 1.29 is 8.42 Å². The quantitative estimate of drug-likeness (QED) is 0.571. The van der Waals surface area contributed by atoms with Crippen LogP contribution >= 0.6 is 0 Å². The van der Waals surface area contributed by atoms with Crippen LogP contribution in [0.5, 0.6) is 0 Å². The predicted octanol–water partition coefficient (Wildman–Crippen LogP) is 0.849. The topological polar surface area (TPSA) is 73.8 Å². The van der Waals surface area contributed by atoms with Crippen LogP contribution in [0.4, 0.5) is 0 Å². The Bertz CT molecular complexity index is 498. The average Bonchev–Trinajstić information content (AvgIpc) is 2.86. The van der Waals surface area contributed by atoms with Gasteiger partial charge in [0.25, 0.3) is 0 Å². The van der Waals surface area contributed by atoms with E-state index in [4.69, 9.17) is 0 Å². The summed E-state index contributed by atoms with van der Waals surface area (Å²) in [4.78, 5) is 6.56. The van der Waals surface area contributed by atoms with E-state index in [0.29, 0.717) is 12.5 Å². The van der Waals surface area contributed by atoms with Crippen molar-refractivity contribution in [3.63, 3.8) is 0 Å². The number of hydrogen-bond acceptors (Lipinski definition) is 4. The van der Waals surface area contributed by atoms with Crippen molar-refractivity contribution in [2.75, 3.05) is 39.2 Å². The fraction of sp³-hybridized carbons (Fsp3) is 0.938. The lowest BCUT2D eigenvalue weighted by molar-refractivity contribution is 0.171. The van der Waals surface area contributed by atoms with Crippen molar-refractivity contribution in [3.05, 3.63) is 0 Å². The van der Waals surface area contributed by atoms with E-state index in [-0.39, 0.29) is 17.5 Å². The number of guanidine groups is 1. The zero-order valence-electron chi connectivity index (χ0n) is 14.7. The molecule has 2 fully saturated rings. The normalized spacial score (nSPS) is 27.1. The molecule has 1 aliphatic carbocycles. The molecule has 2 rings (SSSR count). The molecule has 6 nitrogen and oxygen atoms in total. The van der Waals surface area contributed by atoms with E-state index in [0.717, 1.165) is 18.4 Å². The van der Waals surface area contributed by atoms with Crippen LogP contribution < -0.4 is 10.6 Å². The van der Waals surface area contributed by atoms with Gasteiger partial charge in [-0.15, -0.1) is 0 Å². The minimum absolute atomic E-state index is 0.0151. The third-order valence-corrected chi connectivity index (χ3v) is 6.90. The highest BCUT2D eigenvalue weighted by Gasteiger charge is 2.29. The molecule has 1 saturated heterocycles. The van der Waals surface area contributed by atoms with E-state index in [1.165, 1.54) is 32.1 Å². The van der Waals surface area contributed by atoms with E-state index in [1.807, 2.05) is 0 Å². The third kappa shape index (κ3) is 5.64. The number of rotatable bonds is 5. The molecule has 0 radical (unpaired) electrons. The molecule has 2 atom stereocenters. The fourth-order valence-electron chi connectivity index (χ4n) is 3.79. The molecule has 1 aliphatic heterocycles. The molecular weight excluding hydrogens is 312 g/mol. The first-order valence-corrected chi connectivity index (χ1v) is 10.6. The van der Waals surface area contributed by atoms with E-state index in [1.54, 1.807) is 7.05 Å². The Kier molecular flexibility index (Phi) is 6.71. The lowest BCUT2D eigenvalue weighted by atomic mass is 9.83. The maximum atomic E-state index is 11.6. The molecule has 0 amide bonds. The lowest BCUT2D eigenvalue weighted by Gasteiger charge is -2.35. The highest BCUT2D eigenvalue weighted by molar-refractivity contribution is 7.91. The van der Waals surface area contributed by atoms with Gasteiger partial charge >= 0.3 is 0 Å². The largest absolute Gasteiger partial charge is 0.355 e. The summed E-state index contributed by atoms with van der Waals surface area (Å²) in [7, 11) is 3.15. The van der Waals surface area contributed by atoms with Gasteiger partial charge in [0.2, 0.25) is 0 Å². The van der Waals surface area contributed by atoms with E-state index < -0.39 is 9.84 Å². The summed E-state index contributed by atoms with van der Waals surface area (Å²) < 4.78 is 23.1. The van der Waals surface area contributed by atoms with E-state index in [2.05, 4.69) is 34.6 Å². The molecule has 1 heterocycles. The number of aliphatic imine (C=N–C) groups is 1. The van der Waals surface area contributed by atoms with Gasteiger partial charge < -0.3 is 15.5 Å². The molecule has 2 aliphatic rings. The molecule has 2 N–H and O–H groups in total. The van der Waals surface area contributed by atoms with Crippen molar-refractivity contribution in [3.8, 4) is 0 Å². The lowest BCUT2D eigenvalue weighted by Crippen LogP contribution is -2.50. The number of nitrogens with zero attached hydrogens (tertiary/aromatic N) is 2. The summed E-state index contributed by atoms with van der Waals surface area (Å²) in [5.74, 6) is 1.95. The number of sulfone groups is 1. The first-order chi connectivity index (χ1) is 10.9. The minimum Gasteiger partial charge on any atom is -0.355 e. The van der Waals surface area contributed by atoms with Crippen molar-refractivity contribution in [2.24, 2.45) is 10.9 Å². The fourth-order valence-corrected chi connectivity index (χ4v) is 5.46. The average molecular weight is 345 g/mol. The maximum Gasteiger partial charge on any atom is 0.191 e. The van der Waals surface area contributed by atoms with Gasteiger partial charge in [0.05, 0.1) is 11.5 Å². The summed E-state index contributed by atoms with van der Waals surface area (Å²) in [6, 6.07) is 0.472. The zero-order valence-corrected chi connectivity index (χ0v) is 15.5. The Morgan fingerprint density at radius 1 is 1.22 bits per heavy atom. The molecule has 0 aromatic heterocycles. The van der Waals surface area contributed by atoms with E-state index >= 15 is 0 Å². The molecule has 134 valence electrons. The van der Waals surface area contributed by atoms with Gasteiger partial charge in [-0.2, -0.15) is 0 Å².